The Morgan fingerprint density at radius 2 is 2.33 bits per heavy atom. The lowest BCUT2D eigenvalue weighted by Crippen LogP contribution is -2.41. The van der Waals surface area contributed by atoms with E-state index in [9.17, 15) is 4.79 Å². The molecule has 0 aromatic carbocycles. The Bertz CT molecular complexity index is 211. The first kappa shape index (κ1) is 10.9. The van der Waals surface area contributed by atoms with E-state index in [1.54, 1.807) is 0 Å². The molecule has 0 aromatic rings. The summed E-state index contributed by atoms with van der Waals surface area (Å²) in [6.07, 6.45) is 4.57. The first-order valence-electron chi connectivity index (χ1n) is 5.96. The van der Waals surface area contributed by atoms with Crippen molar-refractivity contribution in [2.75, 3.05) is 26.2 Å². The van der Waals surface area contributed by atoms with Crippen LogP contribution < -0.4 is 10.6 Å². The second kappa shape index (κ2) is 5.47. The molecule has 2 rings (SSSR count). The normalized spacial score (nSPS) is 27.1. The van der Waals surface area contributed by atoms with E-state index in [1.165, 1.54) is 6.42 Å². The van der Waals surface area contributed by atoms with Crippen LogP contribution in [0, 0.1) is 5.92 Å². The molecule has 0 aromatic heterocycles. The van der Waals surface area contributed by atoms with Gasteiger partial charge in [-0.3, -0.25) is 4.79 Å². The number of carbonyl (C=O) groups excluding carboxylic acids is 1. The lowest BCUT2D eigenvalue weighted by atomic mass is 9.85. The fourth-order valence-electron chi connectivity index (χ4n) is 1.98. The van der Waals surface area contributed by atoms with Gasteiger partial charge in [0.05, 0.1) is 12.7 Å². The van der Waals surface area contributed by atoms with E-state index in [0.717, 1.165) is 45.5 Å². The minimum absolute atomic E-state index is 0.241. The summed E-state index contributed by atoms with van der Waals surface area (Å²) in [5.74, 6) is 0.542. The third kappa shape index (κ3) is 3.18. The van der Waals surface area contributed by atoms with Crippen molar-refractivity contribution in [2.45, 2.75) is 31.8 Å². The Hall–Kier alpha value is -0.610. The van der Waals surface area contributed by atoms with Crippen molar-refractivity contribution in [3.05, 3.63) is 0 Å². The van der Waals surface area contributed by atoms with Crippen LogP contribution in [0.4, 0.5) is 0 Å². The molecular formula is C11H20N2O2. The minimum atomic E-state index is 0.241. The van der Waals surface area contributed by atoms with Gasteiger partial charge in [-0.2, -0.15) is 0 Å². The van der Waals surface area contributed by atoms with Gasteiger partial charge in [-0.15, -0.1) is 0 Å². The zero-order valence-electron chi connectivity index (χ0n) is 9.13. The number of amides is 1. The molecular weight excluding hydrogens is 192 g/mol. The Morgan fingerprint density at radius 1 is 1.47 bits per heavy atom. The maximum absolute atomic E-state index is 11.5. The van der Waals surface area contributed by atoms with E-state index in [2.05, 4.69) is 10.6 Å². The van der Waals surface area contributed by atoms with Crippen LogP contribution in [0.25, 0.3) is 0 Å². The second-order valence-corrected chi connectivity index (χ2v) is 4.40. The van der Waals surface area contributed by atoms with E-state index in [-0.39, 0.29) is 12.0 Å². The topological polar surface area (TPSA) is 50.4 Å². The fraction of sp³-hybridized carbons (Fsp3) is 0.909. The average Bonchev–Trinajstić information content (AvgIpc) is 2.16. The lowest BCUT2D eigenvalue weighted by Gasteiger charge is -2.26. The first-order chi connectivity index (χ1) is 7.36. The van der Waals surface area contributed by atoms with Crippen molar-refractivity contribution in [3.63, 3.8) is 0 Å². The molecule has 2 aliphatic rings. The Labute approximate surface area is 90.8 Å². The van der Waals surface area contributed by atoms with Crippen molar-refractivity contribution in [3.8, 4) is 0 Å². The number of carbonyl (C=O) groups is 1. The molecule has 1 unspecified atom stereocenters. The molecule has 1 heterocycles. The third-order valence-corrected chi connectivity index (χ3v) is 3.25. The summed E-state index contributed by atoms with van der Waals surface area (Å²) in [4.78, 5) is 11.5. The number of nitrogens with one attached hydrogen (secondary N) is 2. The Kier molecular flexibility index (Phi) is 3.97. The number of ether oxygens (including phenoxy) is 1. The van der Waals surface area contributed by atoms with E-state index in [4.69, 9.17) is 4.74 Å². The predicted molar refractivity (Wildman–Crippen MR) is 57.6 cm³/mol. The van der Waals surface area contributed by atoms with Gasteiger partial charge in [-0.25, -0.2) is 0 Å². The van der Waals surface area contributed by atoms with Gasteiger partial charge in [0.2, 0.25) is 5.91 Å². The SMILES string of the molecule is O=C(NCCC1CNCCO1)C1CCC1. The lowest BCUT2D eigenvalue weighted by molar-refractivity contribution is -0.127. The van der Waals surface area contributed by atoms with Gasteiger partial charge in [0, 0.05) is 25.6 Å². The van der Waals surface area contributed by atoms with E-state index < -0.39 is 0 Å². The summed E-state index contributed by atoms with van der Waals surface area (Å²) in [7, 11) is 0. The maximum atomic E-state index is 11.5. The van der Waals surface area contributed by atoms with Crippen LogP contribution in [-0.4, -0.2) is 38.3 Å². The van der Waals surface area contributed by atoms with Crippen LogP contribution in [0.1, 0.15) is 25.7 Å². The highest BCUT2D eigenvalue weighted by atomic mass is 16.5. The summed E-state index contributed by atoms with van der Waals surface area (Å²) in [6.45, 7) is 3.41. The van der Waals surface area contributed by atoms with E-state index >= 15 is 0 Å². The molecule has 86 valence electrons. The van der Waals surface area contributed by atoms with Gasteiger partial charge < -0.3 is 15.4 Å². The monoisotopic (exact) mass is 212 g/mol. The highest BCUT2D eigenvalue weighted by Gasteiger charge is 2.24. The smallest absolute Gasteiger partial charge is 0.223 e. The van der Waals surface area contributed by atoms with Gasteiger partial charge in [-0.05, 0) is 19.3 Å². The summed E-state index contributed by atoms with van der Waals surface area (Å²) in [6, 6.07) is 0. The van der Waals surface area contributed by atoms with Crippen molar-refractivity contribution in [2.24, 2.45) is 5.92 Å². The van der Waals surface area contributed by atoms with Crippen molar-refractivity contribution < 1.29 is 9.53 Å². The zero-order valence-corrected chi connectivity index (χ0v) is 9.13. The molecule has 15 heavy (non-hydrogen) atoms. The molecule has 4 nitrogen and oxygen atoms in total. The maximum Gasteiger partial charge on any atom is 0.223 e. The molecule has 1 amide bonds. The van der Waals surface area contributed by atoms with Crippen molar-refractivity contribution in [1.82, 2.24) is 10.6 Å². The van der Waals surface area contributed by atoms with E-state index in [1.807, 2.05) is 0 Å². The van der Waals surface area contributed by atoms with Crippen LogP contribution in [0.5, 0.6) is 0 Å². The van der Waals surface area contributed by atoms with Crippen LogP contribution in [0.3, 0.4) is 0 Å². The Balaban J connectivity index is 1.55. The average molecular weight is 212 g/mol. The number of rotatable bonds is 4. The molecule has 2 N–H and O–H groups in total. The van der Waals surface area contributed by atoms with Crippen molar-refractivity contribution in [1.29, 1.82) is 0 Å². The second-order valence-electron chi connectivity index (χ2n) is 4.40. The van der Waals surface area contributed by atoms with Crippen molar-refractivity contribution >= 4 is 5.91 Å². The fourth-order valence-corrected chi connectivity index (χ4v) is 1.98. The number of morpholine rings is 1. The summed E-state index contributed by atoms with van der Waals surface area (Å²) >= 11 is 0. The van der Waals surface area contributed by atoms with Gasteiger partial charge in [-0.1, -0.05) is 6.42 Å². The molecule has 4 heteroatoms. The summed E-state index contributed by atoms with van der Waals surface area (Å²) < 4.78 is 5.55. The molecule has 1 aliphatic carbocycles. The molecule has 0 bridgehead atoms. The van der Waals surface area contributed by atoms with Crippen LogP contribution >= 0.6 is 0 Å². The van der Waals surface area contributed by atoms with Gasteiger partial charge in [0.15, 0.2) is 0 Å². The zero-order chi connectivity index (χ0) is 10.5. The van der Waals surface area contributed by atoms with Gasteiger partial charge >= 0.3 is 0 Å². The first-order valence-corrected chi connectivity index (χ1v) is 5.96. The minimum Gasteiger partial charge on any atom is -0.376 e. The standard InChI is InChI=1S/C11H20N2O2/c14-11(9-2-1-3-9)13-5-4-10-8-12-6-7-15-10/h9-10,12H,1-8H2,(H,13,14). The number of hydrogen-bond donors (Lipinski definition) is 2. The Morgan fingerprint density at radius 3 is 2.93 bits per heavy atom. The molecule has 1 saturated heterocycles. The van der Waals surface area contributed by atoms with Crippen LogP contribution in [-0.2, 0) is 9.53 Å². The highest BCUT2D eigenvalue weighted by molar-refractivity contribution is 5.79. The summed E-state index contributed by atoms with van der Waals surface area (Å²) in [5, 5.41) is 6.27. The molecule has 0 spiro atoms. The molecule has 0 radical (unpaired) electrons. The van der Waals surface area contributed by atoms with E-state index in [0.29, 0.717) is 5.92 Å². The predicted octanol–water partition coefficient (Wildman–Crippen LogP) is 0.281. The molecule has 2 fully saturated rings. The third-order valence-electron chi connectivity index (χ3n) is 3.25. The quantitative estimate of drug-likeness (QED) is 0.704. The van der Waals surface area contributed by atoms with Crippen LogP contribution in [0.15, 0.2) is 0 Å². The largest absolute Gasteiger partial charge is 0.376 e. The molecule has 1 saturated carbocycles. The van der Waals surface area contributed by atoms with Gasteiger partial charge in [0.1, 0.15) is 0 Å². The highest BCUT2D eigenvalue weighted by Crippen LogP contribution is 2.26. The molecule has 1 aliphatic heterocycles. The summed E-state index contributed by atoms with van der Waals surface area (Å²) in [5.41, 5.74) is 0. The van der Waals surface area contributed by atoms with Gasteiger partial charge in [0.25, 0.3) is 0 Å². The number of hydrogen-bond acceptors (Lipinski definition) is 3. The molecule has 1 atom stereocenters. The van der Waals surface area contributed by atoms with Crippen LogP contribution in [0.2, 0.25) is 0 Å².